The molecule has 4 heteroatoms. The lowest BCUT2D eigenvalue weighted by Gasteiger charge is -2.06. The monoisotopic (exact) mass is 269 g/mol. The zero-order valence-corrected chi connectivity index (χ0v) is 10.9. The van der Waals surface area contributed by atoms with Gasteiger partial charge < -0.3 is 10.3 Å². The highest BCUT2D eigenvalue weighted by Gasteiger charge is 2.24. The van der Waals surface area contributed by atoms with E-state index in [1.165, 1.54) is 11.3 Å². The molecule has 0 aliphatic carbocycles. The van der Waals surface area contributed by atoms with Crippen LogP contribution in [0.1, 0.15) is 17.4 Å². The van der Waals surface area contributed by atoms with Gasteiger partial charge in [-0.25, -0.2) is 4.98 Å². The van der Waals surface area contributed by atoms with E-state index in [0.717, 1.165) is 23.3 Å². The summed E-state index contributed by atoms with van der Waals surface area (Å²) in [6.07, 6.45) is 0.952. The molecule has 19 heavy (non-hydrogen) atoms. The Morgan fingerprint density at radius 2 is 2.00 bits per heavy atom. The number of imidazole rings is 1. The second kappa shape index (κ2) is 4.00. The first-order chi connectivity index (χ1) is 9.31. The van der Waals surface area contributed by atoms with Crippen LogP contribution in [0.25, 0.3) is 11.0 Å². The van der Waals surface area contributed by atoms with Crippen molar-refractivity contribution in [3.05, 3.63) is 58.9 Å². The first-order valence-corrected chi connectivity index (χ1v) is 6.67. The SMILES string of the molecule is Clc1cccc2[nH]c(C3Cc4ccccc4N3)nc12. The molecule has 0 amide bonds. The van der Waals surface area contributed by atoms with Crippen LogP contribution in [0, 0.1) is 0 Å². The van der Waals surface area contributed by atoms with Gasteiger partial charge in [-0.1, -0.05) is 35.9 Å². The predicted molar refractivity (Wildman–Crippen MR) is 77.6 cm³/mol. The third kappa shape index (κ3) is 1.70. The maximum Gasteiger partial charge on any atom is 0.130 e. The molecule has 4 rings (SSSR count). The molecule has 0 saturated carbocycles. The Labute approximate surface area is 115 Å². The van der Waals surface area contributed by atoms with E-state index in [9.17, 15) is 0 Å². The average molecular weight is 270 g/mol. The van der Waals surface area contributed by atoms with Crippen LogP contribution >= 0.6 is 11.6 Å². The van der Waals surface area contributed by atoms with Crippen LogP contribution in [0.15, 0.2) is 42.5 Å². The fourth-order valence-electron chi connectivity index (χ4n) is 2.64. The highest BCUT2D eigenvalue weighted by Crippen LogP contribution is 2.34. The van der Waals surface area contributed by atoms with Gasteiger partial charge in [0.1, 0.15) is 11.3 Å². The summed E-state index contributed by atoms with van der Waals surface area (Å²) in [5.41, 5.74) is 4.36. The van der Waals surface area contributed by atoms with Crippen molar-refractivity contribution in [3.8, 4) is 0 Å². The largest absolute Gasteiger partial charge is 0.375 e. The number of rotatable bonds is 1. The van der Waals surface area contributed by atoms with Crippen LogP contribution in [-0.2, 0) is 6.42 Å². The van der Waals surface area contributed by atoms with Crippen LogP contribution in [0.2, 0.25) is 5.02 Å². The van der Waals surface area contributed by atoms with Gasteiger partial charge in [-0.15, -0.1) is 0 Å². The average Bonchev–Trinajstić information content (AvgIpc) is 3.02. The van der Waals surface area contributed by atoms with E-state index in [1.807, 2.05) is 24.3 Å². The lowest BCUT2D eigenvalue weighted by atomic mass is 10.1. The number of aromatic amines is 1. The van der Waals surface area contributed by atoms with Gasteiger partial charge >= 0.3 is 0 Å². The van der Waals surface area contributed by atoms with Crippen LogP contribution in [-0.4, -0.2) is 9.97 Å². The van der Waals surface area contributed by atoms with Crippen molar-refractivity contribution in [1.29, 1.82) is 0 Å². The summed E-state index contributed by atoms with van der Waals surface area (Å²) < 4.78 is 0. The minimum atomic E-state index is 0.195. The van der Waals surface area contributed by atoms with Gasteiger partial charge in [-0.3, -0.25) is 0 Å². The van der Waals surface area contributed by atoms with E-state index in [-0.39, 0.29) is 6.04 Å². The van der Waals surface area contributed by atoms with E-state index >= 15 is 0 Å². The summed E-state index contributed by atoms with van der Waals surface area (Å²) in [6, 6.07) is 14.4. The highest BCUT2D eigenvalue weighted by atomic mass is 35.5. The fourth-order valence-corrected chi connectivity index (χ4v) is 2.86. The van der Waals surface area contributed by atoms with E-state index < -0.39 is 0 Å². The molecule has 1 unspecified atom stereocenters. The molecule has 1 aliphatic rings. The molecule has 3 nitrogen and oxygen atoms in total. The van der Waals surface area contributed by atoms with Crippen molar-refractivity contribution in [3.63, 3.8) is 0 Å². The third-order valence-electron chi connectivity index (χ3n) is 3.58. The van der Waals surface area contributed by atoms with Crippen molar-refractivity contribution in [1.82, 2.24) is 9.97 Å². The molecule has 1 atom stereocenters. The Bertz CT molecular complexity index is 738. The minimum Gasteiger partial charge on any atom is -0.375 e. The molecule has 0 spiro atoms. The lowest BCUT2D eigenvalue weighted by Crippen LogP contribution is -2.07. The number of hydrogen-bond donors (Lipinski definition) is 2. The number of fused-ring (bicyclic) bond motifs is 2. The molecular formula is C15H12ClN3. The van der Waals surface area contributed by atoms with E-state index in [2.05, 4.69) is 33.5 Å². The maximum atomic E-state index is 6.16. The Morgan fingerprint density at radius 3 is 2.84 bits per heavy atom. The van der Waals surface area contributed by atoms with Gasteiger partial charge in [0.25, 0.3) is 0 Å². The van der Waals surface area contributed by atoms with E-state index in [1.54, 1.807) is 0 Å². The molecule has 0 fully saturated rings. The van der Waals surface area contributed by atoms with Crippen LogP contribution in [0.5, 0.6) is 0 Å². The quantitative estimate of drug-likeness (QED) is 0.703. The number of nitrogens with zero attached hydrogens (tertiary/aromatic N) is 1. The van der Waals surface area contributed by atoms with Crippen molar-refractivity contribution >= 4 is 28.3 Å². The molecule has 1 aliphatic heterocycles. The molecule has 94 valence electrons. The Hall–Kier alpha value is -2.00. The second-order valence-electron chi connectivity index (χ2n) is 4.82. The number of benzene rings is 2. The zero-order valence-electron chi connectivity index (χ0n) is 10.2. The molecule has 3 aromatic rings. The lowest BCUT2D eigenvalue weighted by molar-refractivity contribution is 0.768. The first kappa shape index (κ1) is 10.9. The third-order valence-corrected chi connectivity index (χ3v) is 3.89. The minimum absolute atomic E-state index is 0.195. The molecule has 0 radical (unpaired) electrons. The van der Waals surface area contributed by atoms with Gasteiger partial charge in [-0.2, -0.15) is 0 Å². The predicted octanol–water partition coefficient (Wildman–Crippen LogP) is 3.93. The molecular weight excluding hydrogens is 258 g/mol. The molecule has 0 bridgehead atoms. The standard InChI is InChI=1S/C15H12ClN3/c16-10-5-3-7-12-14(10)19-15(18-12)13-8-9-4-1-2-6-11(9)17-13/h1-7,13,17H,8H2,(H,18,19). The zero-order chi connectivity index (χ0) is 12.8. The second-order valence-corrected chi connectivity index (χ2v) is 5.22. The number of H-pyrrole nitrogens is 1. The molecule has 2 heterocycles. The van der Waals surface area contributed by atoms with Crippen LogP contribution < -0.4 is 5.32 Å². The van der Waals surface area contributed by atoms with E-state index in [0.29, 0.717) is 5.02 Å². The van der Waals surface area contributed by atoms with Crippen molar-refractivity contribution in [2.24, 2.45) is 0 Å². The van der Waals surface area contributed by atoms with Gasteiger partial charge in [0.2, 0.25) is 0 Å². The number of nitrogens with one attached hydrogen (secondary N) is 2. The summed E-state index contributed by atoms with van der Waals surface area (Å²) in [6.45, 7) is 0. The number of hydrogen-bond acceptors (Lipinski definition) is 2. The number of anilines is 1. The van der Waals surface area contributed by atoms with Crippen LogP contribution in [0.3, 0.4) is 0 Å². The van der Waals surface area contributed by atoms with Crippen molar-refractivity contribution in [2.45, 2.75) is 12.5 Å². The van der Waals surface area contributed by atoms with Gasteiger partial charge in [0.05, 0.1) is 16.6 Å². The van der Waals surface area contributed by atoms with Gasteiger partial charge in [-0.05, 0) is 23.8 Å². The molecule has 0 saturated heterocycles. The summed E-state index contributed by atoms with van der Waals surface area (Å²) in [5.74, 6) is 0.944. The number of halogens is 1. The normalized spacial score (nSPS) is 17.4. The van der Waals surface area contributed by atoms with Crippen LogP contribution in [0.4, 0.5) is 5.69 Å². The smallest absolute Gasteiger partial charge is 0.130 e. The van der Waals surface area contributed by atoms with Gasteiger partial charge in [0.15, 0.2) is 0 Å². The summed E-state index contributed by atoms with van der Waals surface area (Å²) in [5, 5.41) is 4.18. The number of para-hydroxylation sites is 2. The Balaban J connectivity index is 1.75. The summed E-state index contributed by atoms with van der Waals surface area (Å²) >= 11 is 6.16. The summed E-state index contributed by atoms with van der Waals surface area (Å²) in [7, 11) is 0. The van der Waals surface area contributed by atoms with Crippen molar-refractivity contribution in [2.75, 3.05) is 5.32 Å². The first-order valence-electron chi connectivity index (χ1n) is 6.30. The Kier molecular flexibility index (Phi) is 2.29. The van der Waals surface area contributed by atoms with Gasteiger partial charge in [0, 0.05) is 12.1 Å². The number of aromatic nitrogens is 2. The molecule has 1 aromatic heterocycles. The maximum absolute atomic E-state index is 6.16. The van der Waals surface area contributed by atoms with E-state index in [4.69, 9.17) is 11.6 Å². The molecule has 2 aromatic carbocycles. The fraction of sp³-hybridized carbons (Fsp3) is 0.133. The molecule has 2 N–H and O–H groups in total. The topological polar surface area (TPSA) is 40.7 Å². The Morgan fingerprint density at radius 1 is 1.11 bits per heavy atom. The highest BCUT2D eigenvalue weighted by molar-refractivity contribution is 6.34. The van der Waals surface area contributed by atoms with Crippen molar-refractivity contribution < 1.29 is 0 Å². The summed E-state index contributed by atoms with van der Waals surface area (Å²) in [4.78, 5) is 7.98.